The summed E-state index contributed by atoms with van der Waals surface area (Å²) in [5.74, 6) is -2.37. The molecule has 0 aromatic rings. The lowest BCUT2D eigenvalue weighted by Gasteiger charge is -2.62. The number of alkyl halides is 1. The number of carbonyl (C=O) groups excluding carboxylic acids is 1. The van der Waals surface area contributed by atoms with E-state index in [-0.39, 0.29) is 24.5 Å². The molecule has 0 spiro atoms. The van der Waals surface area contributed by atoms with E-state index < -0.39 is 40.1 Å². The second-order valence-corrected chi connectivity index (χ2v) is 8.97. The molecule has 0 aliphatic heterocycles. The Morgan fingerprint density at radius 3 is 2.62 bits per heavy atom. The monoisotopic (exact) mass is 364 g/mol. The molecule has 0 amide bonds. The molecule has 0 radical (unpaired) electrons. The lowest BCUT2D eigenvalue weighted by molar-refractivity contribution is -0.222. The number of rotatable bonds is 1. The predicted molar refractivity (Wildman–Crippen MR) is 90.9 cm³/mol. The summed E-state index contributed by atoms with van der Waals surface area (Å²) in [5, 5.41) is 31.4. The molecule has 3 saturated carbocycles. The van der Waals surface area contributed by atoms with Crippen LogP contribution in [-0.4, -0.2) is 44.4 Å². The van der Waals surface area contributed by atoms with Crippen LogP contribution < -0.4 is 0 Å². The lowest BCUT2D eigenvalue weighted by atomic mass is 9.45. The fraction of sp³-hybridized carbons (Fsp3) is 0.700. The highest BCUT2D eigenvalue weighted by Gasteiger charge is 2.74. The number of hydrogen-bond donors (Lipinski definition) is 3. The molecule has 3 fully saturated rings. The molecule has 0 aromatic carbocycles. The van der Waals surface area contributed by atoms with Crippen LogP contribution >= 0.6 is 0 Å². The first-order valence-corrected chi connectivity index (χ1v) is 9.28. The molecular formula is C20H25FO5. The van der Waals surface area contributed by atoms with E-state index in [9.17, 15) is 24.9 Å². The second kappa shape index (κ2) is 5.04. The molecule has 0 aromatic heterocycles. The Hall–Kier alpha value is -1.53. The molecule has 0 bridgehead atoms. The first-order chi connectivity index (χ1) is 12.0. The van der Waals surface area contributed by atoms with Crippen molar-refractivity contribution >= 4 is 11.8 Å². The van der Waals surface area contributed by atoms with Gasteiger partial charge in [-0.05, 0) is 57.1 Å². The number of hydrogen-bond acceptors (Lipinski definition) is 4. The Morgan fingerprint density at radius 2 is 1.96 bits per heavy atom. The van der Waals surface area contributed by atoms with E-state index >= 15 is 4.39 Å². The molecule has 0 unspecified atom stereocenters. The average molecular weight is 364 g/mol. The van der Waals surface area contributed by atoms with Gasteiger partial charge in [-0.25, -0.2) is 9.18 Å². The van der Waals surface area contributed by atoms with E-state index in [1.165, 1.54) is 12.2 Å². The Kier molecular flexibility index (Phi) is 3.47. The topological polar surface area (TPSA) is 94.8 Å². The zero-order valence-corrected chi connectivity index (χ0v) is 15.0. The minimum atomic E-state index is -1.98. The van der Waals surface area contributed by atoms with E-state index in [0.29, 0.717) is 24.8 Å². The van der Waals surface area contributed by atoms with Gasteiger partial charge in [0.2, 0.25) is 0 Å². The van der Waals surface area contributed by atoms with Gasteiger partial charge in [-0.3, -0.25) is 4.79 Å². The van der Waals surface area contributed by atoms with Crippen LogP contribution in [0.2, 0.25) is 0 Å². The molecule has 26 heavy (non-hydrogen) atoms. The molecule has 3 N–H and O–H groups in total. The first-order valence-electron chi connectivity index (χ1n) is 9.28. The summed E-state index contributed by atoms with van der Waals surface area (Å²) in [6.07, 6.45) is 4.33. The fourth-order valence-corrected chi connectivity index (χ4v) is 6.57. The van der Waals surface area contributed by atoms with Gasteiger partial charge in [0.15, 0.2) is 17.1 Å². The normalized spacial score (nSPS) is 52.7. The summed E-state index contributed by atoms with van der Waals surface area (Å²) in [6, 6.07) is 0. The van der Waals surface area contributed by atoms with Crippen molar-refractivity contribution in [2.45, 2.75) is 63.3 Å². The van der Waals surface area contributed by atoms with E-state index in [1.807, 2.05) is 0 Å². The second-order valence-electron chi connectivity index (χ2n) is 8.97. The van der Waals surface area contributed by atoms with Gasteiger partial charge in [0.1, 0.15) is 0 Å². The third kappa shape index (κ3) is 1.77. The predicted octanol–water partition coefficient (Wildman–Crippen LogP) is 2.17. The van der Waals surface area contributed by atoms with Crippen LogP contribution in [0, 0.1) is 22.7 Å². The van der Waals surface area contributed by atoms with Gasteiger partial charge in [0.25, 0.3) is 0 Å². The number of allylic oxidation sites excluding steroid dienone is 4. The lowest BCUT2D eigenvalue weighted by Crippen LogP contribution is -2.69. The molecule has 0 saturated heterocycles. The van der Waals surface area contributed by atoms with E-state index in [0.717, 1.165) is 0 Å². The van der Waals surface area contributed by atoms with Gasteiger partial charge in [-0.15, -0.1) is 0 Å². The fourth-order valence-electron chi connectivity index (χ4n) is 6.57. The van der Waals surface area contributed by atoms with Crippen LogP contribution in [0.25, 0.3) is 0 Å². The molecule has 7 atom stereocenters. The largest absolute Gasteiger partial charge is 0.479 e. The van der Waals surface area contributed by atoms with E-state index in [1.54, 1.807) is 19.9 Å². The van der Waals surface area contributed by atoms with Crippen LogP contribution in [0.3, 0.4) is 0 Å². The number of aliphatic hydroxyl groups excluding tert-OH is 1. The maximum atomic E-state index is 16.6. The molecule has 142 valence electrons. The van der Waals surface area contributed by atoms with Crippen LogP contribution in [-0.2, 0) is 9.59 Å². The van der Waals surface area contributed by atoms with Crippen molar-refractivity contribution in [3.8, 4) is 0 Å². The van der Waals surface area contributed by atoms with Crippen LogP contribution in [0.5, 0.6) is 0 Å². The molecule has 4 aliphatic carbocycles. The van der Waals surface area contributed by atoms with Gasteiger partial charge < -0.3 is 15.3 Å². The Bertz CT molecular complexity index is 759. The van der Waals surface area contributed by atoms with Crippen molar-refractivity contribution in [3.63, 3.8) is 0 Å². The third-order valence-electron chi connectivity index (χ3n) is 8.15. The van der Waals surface area contributed by atoms with Gasteiger partial charge in [0, 0.05) is 16.7 Å². The maximum Gasteiger partial charge on any atom is 0.336 e. The Morgan fingerprint density at radius 1 is 1.27 bits per heavy atom. The molecule has 5 nitrogen and oxygen atoms in total. The zero-order chi connectivity index (χ0) is 19.1. The summed E-state index contributed by atoms with van der Waals surface area (Å²) in [6.45, 7) is 3.40. The van der Waals surface area contributed by atoms with Crippen molar-refractivity contribution in [2.75, 3.05) is 0 Å². The molecule has 4 aliphatic rings. The standard InChI is InChI=1S/C20H25FO5/c1-17-7-5-12(22)9-11(17)3-4-14-13-6-8-19(26,16(24)25)18(13,2)10-15(23)20(14,17)21/h5,7,9,13-15,23,26H,3-4,6,8,10H2,1-2H3,(H,24,25)/t13-,14-,15-,17-,18-,19-,20-/m0/s1. The quantitative estimate of drug-likeness (QED) is 0.663. The average Bonchev–Trinajstić information content (AvgIpc) is 2.83. The van der Waals surface area contributed by atoms with Crippen molar-refractivity contribution in [3.05, 3.63) is 23.8 Å². The third-order valence-corrected chi connectivity index (χ3v) is 8.15. The SMILES string of the molecule is C[C@]12C=CC(=O)C=C1CC[C@H]1[C@@H]3CC[C@](O)(C(=O)O)[C@@]3(C)C[C@H](O)[C@@]12F. The van der Waals surface area contributed by atoms with Crippen LogP contribution in [0.15, 0.2) is 23.8 Å². The number of fused-ring (bicyclic) bond motifs is 5. The zero-order valence-electron chi connectivity index (χ0n) is 15.0. The Balaban J connectivity index is 1.83. The first kappa shape index (κ1) is 17.9. The summed E-state index contributed by atoms with van der Waals surface area (Å²) in [7, 11) is 0. The van der Waals surface area contributed by atoms with E-state index in [4.69, 9.17) is 0 Å². The minimum Gasteiger partial charge on any atom is -0.479 e. The summed E-state index contributed by atoms with van der Waals surface area (Å²) >= 11 is 0. The van der Waals surface area contributed by atoms with Crippen molar-refractivity contribution in [1.29, 1.82) is 0 Å². The number of ketones is 1. The maximum absolute atomic E-state index is 16.6. The van der Waals surface area contributed by atoms with Gasteiger partial charge in [0.05, 0.1) is 6.10 Å². The van der Waals surface area contributed by atoms with Gasteiger partial charge >= 0.3 is 5.97 Å². The number of aliphatic carboxylic acids is 1. The number of halogens is 1. The number of aliphatic hydroxyl groups is 2. The van der Waals surface area contributed by atoms with Gasteiger partial charge in [-0.2, -0.15) is 0 Å². The van der Waals surface area contributed by atoms with Crippen molar-refractivity contribution in [2.24, 2.45) is 22.7 Å². The summed E-state index contributed by atoms with van der Waals surface area (Å²) in [5.41, 5.74) is -5.41. The highest BCUT2D eigenvalue weighted by atomic mass is 19.1. The number of carbonyl (C=O) groups is 2. The minimum absolute atomic E-state index is 0.0660. The van der Waals surface area contributed by atoms with Gasteiger partial charge in [-0.1, -0.05) is 18.6 Å². The molecule has 6 heteroatoms. The smallest absolute Gasteiger partial charge is 0.336 e. The number of carboxylic acid groups (broad SMARTS) is 1. The van der Waals surface area contributed by atoms with Crippen molar-refractivity contribution < 1.29 is 29.3 Å². The van der Waals surface area contributed by atoms with Crippen LogP contribution in [0.1, 0.15) is 46.0 Å². The van der Waals surface area contributed by atoms with E-state index in [2.05, 4.69) is 0 Å². The summed E-state index contributed by atoms with van der Waals surface area (Å²) < 4.78 is 16.6. The molecule has 0 heterocycles. The summed E-state index contributed by atoms with van der Waals surface area (Å²) in [4.78, 5) is 23.5. The highest BCUT2D eigenvalue weighted by Crippen LogP contribution is 2.69. The Labute approximate surface area is 151 Å². The molecular weight excluding hydrogens is 339 g/mol. The van der Waals surface area contributed by atoms with Crippen LogP contribution in [0.4, 0.5) is 4.39 Å². The molecule has 4 rings (SSSR count). The number of carboxylic acids is 1. The highest BCUT2D eigenvalue weighted by molar-refractivity contribution is 6.01. The van der Waals surface area contributed by atoms with Crippen molar-refractivity contribution in [1.82, 2.24) is 0 Å².